The van der Waals surface area contributed by atoms with Crippen molar-refractivity contribution in [3.8, 4) is 11.8 Å². The maximum absolute atomic E-state index is 7.19. The van der Waals surface area contributed by atoms with Crippen molar-refractivity contribution >= 4 is 80.9 Å². The molecule has 0 aliphatic heterocycles. The van der Waals surface area contributed by atoms with Gasteiger partial charge in [0.05, 0.1) is 60.6 Å². The number of benzene rings is 8. The van der Waals surface area contributed by atoms with Crippen LogP contribution in [-0.2, 0) is 44.8 Å². The molecule has 0 aliphatic carbocycles. The molecule has 310 valence electrons. The normalized spacial score (nSPS) is 10.5. The molecule has 2 nitrogen and oxygen atoms in total. The van der Waals surface area contributed by atoms with E-state index in [4.69, 9.17) is 21.7 Å². The number of para-hydroxylation sites is 4. The van der Waals surface area contributed by atoms with E-state index in [9.17, 15) is 0 Å². The third kappa shape index (κ3) is 11.1. The van der Waals surface area contributed by atoms with E-state index in [0.717, 1.165) is 43.9 Å². The molecule has 0 unspecified atom stereocenters. The van der Waals surface area contributed by atoms with Gasteiger partial charge in [0.1, 0.15) is 11.2 Å². The Hall–Kier alpha value is -5.18. The zero-order valence-electron chi connectivity index (χ0n) is 33.9. The summed E-state index contributed by atoms with van der Waals surface area (Å²) in [7, 11) is -1.43. The van der Waals surface area contributed by atoms with E-state index in [1.807, 2.05) is 84.9 Å². The summed E-state index contributed by atoms with van der Waals surface area (Å²) >= 11 is 0. The van der Waals surface area contributed by atoms with Gasteiger partial charge in [-0.3, -0.25) is 11.8 Å². The van der Waals surface area contributed by atoms with Crippen LogP contribution >= 0.6 is 15.8 Å². The number of fused-ring (bicyclic) bond motifs is 6. The molecule has 0 fully saturated rings. The molecule has 0 amide bonds. The Morgan fingerprint density at radius 3 is 0.952 bits per heavy atom. The summed E-state index contributed by atoms with van der Waals surface area (Å²) in [5.41, 5.74) is 4.60. The Bertz CT molecular complexity index is 2740. The summed E-state index contributed by atoms with van der Waals surface area (Å²) in [4.78, 5) is 0. The molecular formula is C56H44Au2O2P2+2. The molecule has 10 rings (SSSR count). The van der Waals surface area contributed by atoms with Gasteiger partial charge in [0, 0.05) is 21.5 Å². The summed E-state index contributed by atoms with van der Waals surface area (Å²) in [6.45, 7) is 0. The van der Waals surface area contributed by atoms with E-state index in [1.165, 1.54) is 46.4 Å². The van der Waals surface area contributed by atoms with Gasteiger partial charge in [0.15, 0.2) is 0 Å². The number of furan rings is 2. The Kier molecular flexibility index (Phi) is 17.4. The first kappa shape index (κ1) is 46.3. The molecule has 0 bridgehead atoms. The molecule has 2 heterocycles. The zero-order chi connectivity index (χ0) is 40.9. The van der Waals surface area contributed by atoms with Crippen LogP contribution in [0, 0.1) is 24.7 Å². The van der Waals surface area contributed by atoms with Gasteiger partial charge in [-0.25, -0.2) is 0 Å². The predicted octanol–water partition coefficient (Wildman–Crippen LogP) is 12.5. The van der Waals surface area contributed by atoms with Crippen LogP contribution in [-0.4, -0.2) is 12.3 Å². The van der Waals surface area contributed by atoms with Crippen LogP contribution in [0.4, 0.5) is 0 Å². The molecular weight excluding hydrogens is 1160 g/mol. The number of hydrogen-bond acceptors (Lipinski definition) is 2. The van der Waals surface area contributed by atoms with Crippen LogP contribution in [0.5, 0.6) is 0 Å². The summed E-state index contributed by atoms with van der Waals surface area (Å²) in [5, 5.41) is 10.4. The number of hydrogen-bond donors (Lipinski definition) is 0. The Balaban J connectivity index is 0.000000168. The van der Waals surface area contributed by atoms with Crippen LogP contribution in [0.1, 0.15) is 24.0 Å². The monoisotopic (exact) mass is 1200 g/mol. The van der Waals surface area contributed by atoms with Crippen molar-refractivity contribution in [2.45, 2.75) is 12.8 Å². The second-order valence-electron chi connectivity index (χ2n) is 14.4. The summed E-state index contributed by atoms with van der Waals surface area (Å²) in [6, 6.07) is 71.9. The van der Waals surface area contributed by atoms with Crippen molar-refractivity contribution < 1.29 is 53.6 Å². The quantitative estimate of drug-likeness (QED) is 0.0473. The van der Waals surface area contributed by atoms with Crippen molar-refractivity contribution in [3.63, 3.8) is 0 Å². The summed E-state index contributed by atoms with van der Waals surface area (Å²) < 4.78 is 11.4. The van der Waals surface area contributed by atoms with Crippen molar-refractivity contribution in [1.29, 1.82) is 0 Å². The second kappa shape index (κ2) is 23.3. The second-order valence-corrected chi connectivity index (χ2v) is 19.7. The van der Waals surface area contributed by atoms with Crippen LogP contribution < -0.4 is 21.2 Å². The molecule has 0 saturated heterocycles. The Morgan fingerprint density at radius 2 is 0.629 bits per heavy atom. The molecule has 6 heteroatoms. The smallest absolute Gasteiger partial charge is 0.474 e. The molecule has 2 aromatic heterocycles. The average molecular weight is 1200 g/mol. The number of unbranched alkanes of at least 4 members (excludes halogenated alkanes) is 1. The Labute approximate surface area is 398 Å². The van der Waals surface area contributed by atoms with Gasteiger partial charge in [-0.1, -0.05) is 145 Å². The Morgan fingerprint density at radius 1 is 0.339 bits per heavy atom. The van der Waals surface area contributed by atoms with Gasteiger partial charge in [-0.05, 0) is 73.5 Å². The minimum Gasteiger partial charge on any atom is -0.474 e. The van der Waals surface area contributed by atoms with Crippen LogP contribution in [0.15, 0.2) is 215 Å². The average Bonchev–Trinajstić information content (AvgIpc) is 3.91. The minimum atomic E-state index is -0.714. The maximum Gasteiger partial charge on any atom is 1.00 e. The zero-order valence-corrected chi connectivity index (χ0v) is 40.2. The third-order valence-corrected chi connectivity index (χ3v) is 16.5. The largest absolute Gasteiger partial charge is 1.00 e. The van der Waals surface area contributed by atoms with Crippen molar-refractivity contribution in [3.05, 3.63) is 230 Å². The van der Waals surface area contributed by atoms with Crippen LogP contribution in [0.3, 0.4) is 0 Å². The molecule has 62 heavy (non-hydrogen) atoms. The first-order chi connectivity index (χ1) is 29.7. The van der Waals surface area contributed by atoms with E-state index in [2.05, 4.69) is 133 Å². The van der Waals surface area contributed by atoms with Gasteiger partial charge in [0.2, 0.25) is 0 Å². The van der Waals surface area contributed by atoms with Crippen molar-refractivity contribution in [2.75, 3.05) is 12.3 Å². The topological polar surface area (TPSA) is 26.3 Å². The molecule has 10 aromatic rings. The van der Waals surface area contributed by atoms with E-state index in [1.54, 1.807) is 0 Å². The fourth-order valence-electron chi connectivity index (χ4n) is 7.76. The van der Waals surface area contributed by atoms with E-state index < -0.39 is 15.8 Å². The molecule has 0 N–H and O–H groups in total. The van der Waals surface area contributed by atoms with Gasteiger partial charge >= 0.3 is 44.8 Å². The fraction of sp³-hybridized carbons (Fsp3) is 0.0714. The van der Waals surface area contributed by atoms with Gasteiger partial charge < -0.3 is 21.7 Å². The molecule has 0 atom stereocenters. The van der Waals surface area contributed by atoms with Crippen LogP contribution in [0.25, 0.3) is 43.9 Å². The predicted molar refractivity (Wildman–Crippen MR) is 260 cm³/mol. The minimum absolute atomic E-state index is 0. The van der Waals surface area contributed by atoms with Gasteiger partial charge in [0.25, 0.3) is 0 Å². The van der Waals surface area contributed by atoms with Gasteiger partial charge in [-0.15, -0.1) is 12.1 Å². The first-order valence-corrected chi connectivity index (χ1v) is 23.7. The van der Waals surface area contributed by atoms with Gasteiger partial charge in [-0.2, -0.15) is 0 Å². The van der Waals surface area contributed by atoms with E-state index in [-0.39, 0.29) is 44.8 Å². The summed E-state index contributed by atoms with van der Waals surface area (Å²) in [5.74, 6) is 4.77. The SMILES string of the molecule is [Au+].[Au+].[C-]#Cc1cccc2c1oc1ccccc12.[C-]#Cc1cccc2c1oc1ccccc12.c1ccc([PH+](CCCC[PH+](c2ccccc2)c2ccccc2)c2ccccc2)cc1. The van der Waals surface area contributed by atoms with Crippen molar-refractivity contribution in [2.24, 2.45) is 0 Å². The van der Waals surface area contributed by atoms with Crippen LogP contribution in [0.2, 0.25) is 0 Å². The first-order valence-electron chi connectivity index (χ1n) is 20.3. The summed E-state index contributed by atoms with van der Waals surface area (Å²) in [6.07, 6.45) is 19.6. The third-order valence-electron chi connectivity index (χ3n) is 10.7. The van der Waals surface area contributed by atoms with E-state index in [0.29, 0.717) is 11.1 Å². The van der Waals surface area contributed by atoms with E-state index >= 15 is 0 Å². The molecule has 0 spiro atoms. The maximum atomic E-state index is 7.19. The standard InChI is InChI=1S/C28H28P2.2C14H7O.2Au/c1-5-15-25(16-6-1)29(26-17-7-2-8-18-26)23-13-14-24-30(27-19-9-3-10-20-27)28-21-11-4-12-22-28;2*1-2-10-6-5-8-12-11-7-3-4-9-13(11)15-14(10)12;;/h1-12,15-22H,13-14,23-24H2;2*3-9H;;/q;2*-1;2*+1/p+2. The molecule has 0 aliphatic rings. The molecule has 8 aromatic carbocycles. The number of rotatable bonds is 9. The molecule has 0 saturated carbocycles. The van der Waals surface area contributed by atoms with Crippen molar-refractivity contribution in [1.82, 2.24) is 0 Å². The fourth-order valence-corrected chi connectivity index (χ4v) is 13.2. The molecule has 0 radical (unpaired) electrons.